The van der Waals surface area contributed by atoms with Crippen LogP contribution < -0.4 is 10.1 Å². The topological polar surface area (TPSA) is 53.9 Å². The highest BCUT2D eigenvalue weighted by Gasteiger charge is 2.01. The number of rotatable bonds is 5. The molecule has 3 aromatic carbocycles. The van der Waals surface area contributed by atoms with Gasteiger partial charge in [0.1, 0.15) is 11.5 Å². The third-order valence-electron chi connectivity index (χ3n) is 3.52. The van der Waals surface area contributed by atoms with Crippen molar-refractivity contribution in [3.63, 3.8) is 0 Å². The minimum Gasteiger partial charge on any atom is -0.507 e. The molecule has 0 heterocycles. The molecular weight excluding hydrogens is 300 g/mol. The molecule has 4 heteroatoms. The number of ether oxygens (including phenoxy) is 1. The molecule has 0 aliphatic rings. The Labute approximate surface area is 141 Å². The summed E-state index contributed by atoms with van der Waals surface area (Å²) >= 11 is 0. The van der Waals surface area contributed by atoms with Crippen LogP contribution in [0, 0.1) is 0 Å². The fourth-order valence-corrected chi connectivity index (χ4v) is 2.23. The second-order valence-corrected chi connectivity index (χ2v) is 5.22. The molecule has 0 amide bonds. The fourth-order valence-electron chi connectivity index (χ4n) is 2.23. The summed E-state index contributed by atoms with van der Waals surface area (Å²) in [6, 6.07) is 22.8. The lowest BCUT2D eigenvalue weighted by Gasteiger charge is -2.06. The van der Waals surface area contributed by atoms with Crippen LogP contribution in [0.2, 0.25) is 0 Å². The Bertz CT molecular complexity index is 828. The monoisotopic (exact) mass is 318 g/mol. The highest BCUT2D eigenvalue weighted by atomic mass is 16.5. The lowest BCUT2D eigenvalue weighted by atomic mass is 10.2. The van der Waals surface area contributed by atoms with Crippen LogP contribution in [0.1, 0.15) is 5.56 Å². The smallest absolute Gasteiger partial charge is 0.124 e. The van der Waals surface area contributed by atoms with E-state index in [0.717, 1.165) is 17.1 Å². The van der Waals surface area contributed by atoms with Gasteiger partial charge in [0.2, 0.25) is 0 Å². The number of hydrogen-bond donors (Lipinski definition) is 2. The van der Waals surface area contributed by atoms with Crippen LogP contribution in [0.5, 0.6) is 11.5 Å². The molecule has 3 rings (SSSR count). The maximum atomic E-state index is 9.86. The average Bonchev–Trinajstić information content (AvgIpc) is 2.63. The van der Waals surface area contributed by atoms with Crippen molar-refractivity contribution in [2.75, 3.05) is 12.4 Å². The van der Waals surface area contributed by atoms with Crippen LogP contribution in [0.15, 0.2) is 77.8 Å². The fraction of sp³-hybridized carbons (Fsp3) is 0.0500. The van der Waals surface area contributed by atoms with Crippen molar-refractivity contribution >= 4 is 23.3 Å². The first-order valence-corrected chi connectivity index (χ1v) is 7.58. The van der Waals surface area contributed by atoms with Gasteiger partial charge in [-0.15, -0.1) is 0 Å². The molecule has 0 spiro atoms. The van der Waals surface area contributed by atoms with Crippen LogP contribution in [-0.2, 0) is 0 Å². The maximum absolute atomic E-state index is 9.86. The standard InChI is InChI=1S/C20H18N2O2/c1-24-19-11-12-20(23)15(13-19)14-21-16-7-9-18(10-8-16)22-17-5-3-2-4-6-17/h2-14,22-23H,1H3. The summed E-state index contributed by atoms with van der Waals surface area (Å²) in [5.74, 6) is 0.846. The molecule has 0 fully saturated rings. The van der Waals surface area contributed by atoms with E-state index in [1.54, 1.807) is 31.5 Å². The summed E-state index contributed by atoms with van der Waals surface area (Å²) in [6.45, 7) is 0. The van der Waals surface area contributed by atoms with Gasteiger partial charge in [-0.3, -0.25) is 4.99 Å². The van der Waals surface area contributed by atoms with Crippen LogP contribution >= 0.6 is 0 Å². The van der Waals surface area contributed by atoms with E-state index in [4.69, 9.17) is 4.74 Å². The Hall–Kier alpha value is -3.27. The maximum Gasteiger partial charge on any atom is 0.124 e. The highest BCUT2D eigenvalue weighted by molar-refractivity contribution is 5.86. The lowest BCUT2D eigenvalue weighted by molar-refractivity contribution is 0.412. The van der Waals surface area contributed by atoms with Crippen LogP contribution in [0.25, 0.3) is 0 Å². The predicted octanol–water partition coefficient (Wildman–Crippen LogP) is 4.90. The van der Waals surface area contributed by atoms with Crippen LogP contribution in [0.3, 0.4) is 0 Å². The predicted molar refractivity (Wildman–Crippen MR) is 98.1 cm³/mol. The summed E-state index contributed by atoms with van der Waals surface area (Å²) in [6.07, 6.45) is 1.62. The van der Waals surface area contributed by atoms with Gasteiger partial charge in [0.05, 0.1) is 12.8 Å². The van der Waals surface area contributed by atoms with Gasteiger partial charge in [-0.1, -0.05) is 18.2 Å². The van der Waals surface area contributed by atoms with Gasteiger partial charge in [0.25, 0.3) is 0 Å². The SMILES string of the molecule is COc1ccc(O)c(C=Nc2ccc(Nc3ccccc3)cc2)c1. The Balaban J connectivity index is 1.72. The second kappa shape index (κ2) is 7.33. The molecule has 0 aliphatic heterocycles. The van der Waals surface area contributed by atoms with E-state index in [9.17, 15) is 5.11 Å². The third-order valence-corrected chi connectivity index (χ3v) is 3.52. The summed E-state index contributed by atoms with van der Waals surface area (Å²) < 4.78 is 5.15. The van der Waals surface area contributed by atoms with Gasteiger partial charge in [-0.2, -0.15) is 0 Å². The number of nitrogens with zero attached hydrogens (tertiary/aromatic N) is 1. The number of methoxy groups -OCH3 is 1. The van der Waals surface area contributed by atoms with Crippen LogP contribution in [0.4, 0.5) is 17.1 Å². The lowest BCUT2D eigenvalue weighted by Crippen LogP contribution is -1.89. The molecule has 2 N–H and O–H groups in total. The van der Waals surface area contributed by atoms with Crippen molar-refractivity contribution in [2.45, 2.75) is 0 Å². The number of phenols is 1. The zero-order valence-corrected chi connectivity index (χ0v) is 13.3. The number of nitrogens with one attached hydrogen (secondary N) is 1. The third kappa shape index (κ3) is 3.93. The summed E-state index contributed by atoms with van der Waals surface area (Å²) in [4.78, 5) is 4.39. The van der Waals surface area contributed by atoms with Crippen molar-refractivity contribution < 1.29 is 9.84 Å². The Morgan fingerprint density at radius 3 is 2.33 bits per heavy atom. The minimum atomic E-state index is 0.168. The van der Waals surface area contributed by atoms with Crippen molar-refractivity contribution in [1.29, 1.82) is 0 Å². The molecule has 3 aromatic rings. The Kier molecular flexibility index (Phi) is 4.77. The van der Waals surface area contributed by atoms with E-state index in [1.807, 2.05) is 54.6 Å². The van der Waals surface area contributed by atoms with E-state index < -0.39 is 0 Å². The first-order valence-electron chi connectivity index (χ1n) is 7.58. The first kappa shape index (κ1) is 15.6. The van der Waals surface area contributed by atoms with Crippen molar-refractivity contribution in [1.82, 2.24) is 0 Å². The number of benzene rings is 3. The van der Waals surface area contributed by atoms with Gasteiger partial charge < -0.3 is 15.2 Å². The molecule has 0 bridgehead atoms. The zero-order chi connectivity index (χ0) is 16.8. The van der Waals surface area contributed by atoms with Crippen molar-refractivity contribution in [2.24, 2.45) is 4.99 Å². The molecule has 0 unspecified atom stereocenters. The minimum absolute atomic E-state index is 0.168. The number of anilines is 2. The molecule has 4 nitrogen and oxygen atoms in total. The largest absolute Gasteiger partial charge is 0.507 e. The van der Waals surface area contributed by atoms with Gasteiger partial charge in [-0.05, 0) is 54.6 Å². The van der Waals surface area contributed by atoms with E-state index in [-0.39, 0.29) is 5.75 Å². The molecular formula is C20H18N2O2. The second-order valence-electron chi connectivity index (χ2n) is 5.22. The van der Waals surface area contributed by atoms with Gasteiger partial charge in [-0.25, -0.2) is 0 Å². The molecule has 0 aliphatic carbocycles. The number of hydrogen-bond acceptors (Lipinski definition) is 4. The molecule has 0 aromatic heterocycles. The molecule has 24 heavy (non-hydrogen) atoms. The van der Waals surface area contributed by atoms with Crippen LogP contribution in [-0.4, -0.2) is 18.4 Å². The van der Waals surface area contributed by atoms with Gasteiger partial charge >= 0.3 is 0 Å². The number of aromatic hydroxyl groups is 1. The van der Waals surface area contributed by atoms with Gasteiger partial charge in [0.15, 0.2) is 0 Å². The average molecular weight is 318 g/mol. The molecule has 120 valence electrons. The first-order chi connectivity index (χ1) is 11.7. The van der Waals surface area contributed by atoms with E-state index in [1.165, 1.54) is 0 Å². The zero-order valence-electron chi connectivity index (χ0n) is 13.3. The molecule has 0 saturated heterocycles. The number of aliphatic imine (C=N–C) groups is 1. The number of para-hydroxylation sites is 1. The molecule has 0 atom stereocenters. The Morgan fingerprint density at radius 1 is 0.917 bits per heavy atom. The summed E-state index contributed by atoms with van der Waals surface area (Å²) in [5, 5.41) is 13.2. The van der Waals surface area contributed by atoms with Crippen molar-refractivity contribution in [3.8, 4) is 11.5 Å². The summed E-state index contributed by atoms with van der Waals surface area (Å²) in [5.41, 5.74) is 3.44. The molecule has 0 saturated carbocycles. The number of phenolic OH excluding ortho intramolecular Hbond substituents is 1. The Morgan fingerprint density at radius 2 is 1.62 bits per heavy atom. The summed E-state index contributed by atoms with van der Waals surface area (Å²) in [7, 11) is 1.59. The van der Waals surface area contributed by atoms with E-state index >= 15 is 0 Å². The van der Waals surface area contributed by atoms with Crippen molar-refractivity contribution in [3.05, 3.63) is 78.4 Å². The van der Waals surface area contributed by atoms with E-state index in [0.29, 0.717) is 11.3 Å². The highest BCUT2D eigenvalue weighted by Crippen LogP contribution is 2.23. The quantitative estimate of drug-likeness (QED) is 0.658. The normalized spacial score (nSPS) is 10.7. The van der Waals surface area contributed by atoms with E-state index in [2.05, 4.69) is 10.3 Å². The van der Waals surface area contributed by atoms with Gasteiger partial charge in [0, 0.05) is 23.2 Å². The molecule has 0 radical (unpaired) electrons.